The van der Waals surface area contributed by atoms with Gasteiger partial charge in [0.05, 0.1) is 6.61 Å². The second-order valence-electron chi connectivity index (χ2n) is 4.29. The lowest BCUT2D eigenvalue weighted by Crippen LogP contribution is -2.10. The van der Waals surface area contributed by atoms with Gasteiger partial charge in [-0.15, -0.1) is 0 Å². The van der Waals surface area contributed by atoms with Crippen LogP contribution in [0.5, 0.6) is 5.75 Å². The van der Waals surface area contributed by atoms with Gasteiger partial charge in [0, 0.05) is 6.04 Å². The lowest BCUT2D eigenvalue weighted by molar-refractivity contribution is 0.340. The van der Waals surface area contributed by atoms with Crippen molar-refractivity contribution in [3.05, 3.63) is 29.8 Å². The van der Waals surface area contributed by atoms with E-state index in [1.807, 2.05) is 19.1 Å². The molecule has 0 radical (unpaired) electrons. The van der Waals surface area contributed by atoms with Crippen molar-refractivity contribution in [1.82, 2.24) is 0 Å². The minimum atomic E-state index is 0.202. The summed E-state index contributed by atoms with van der Waals surface area (Å²) in [7, 11) is 0. The van der Waals surface area contributed by atoms with Gasteiger partial charge in [-0.3, -0.25) is 0 Å². The van der Waals surface area contributed by atoms with E-state index in [-0.39, 0.29) is 6.04 Å². The summed E-state index contributed by atoms with van der Waals surface area (Å²) >= 11 is 0. The van der Waals surface area contributed by atoms with E-state index in [1.54, 1.807) is 0 Å². The Kier molecular flexibility index (Phi) is 3.27. The molecule has 0 aromatic heterocycles. The van der Waals surface area contributed by atoms with Crippen molar-refractivity contribution in [3.63, 3.8) is 0 Å². The summed E-state index contributed by atoms with van der Waals surface area (Å²) in [5.41, 5.74) is 7.35. The zero-order valence-electron chi connectivity index (χ0n) is 9.28. The van der Waals surface area contributed by atoms with Gasteiger partial charge in [0.2, 0.25) is 0 Å². The van der Waals surface area contributed by atoms with Gasteiger partial charge in [-0.1, -0.05) is 25.0 Å². The molecule has 0 amide bonds. The summed E-state index contributed by atoms with van der Waals surface area (Å²) in [4.78, 5) is 0. The Morgan fingerprint density at radius 3 is 2.53 bits per heavy atom. The zero-order chi connectivity index (χ0) is 10.7. The fraction of sp³-hybridized carbons (Fsp3) is 0.538. The van der Waals surface area contributed by atoms with Crippen LogP contribution in [0.1, 0.15) is 37.8 Å². The molecule has 1 atom stereocenters. The molecule has 1 aliphatic carbocycles. The SMILES string of the molecule is CCOc1ccc(C(N)CC2CC2)cc1. The van der Waals surface area contributed by atoms with E-state index in [0.717, 1.165) is 18.1 Å². The number of benzene rings is 1. The molecule has 0 saturated heterocycles. The molecule has 2 N–H and O–H groups in total. The van der Waals surface area contributed by atoms with E-state index in [0.29, 0.717) is 6.61 Å². The molecule has 2 nitrogen and oxygen atoms in total. The van der Waals surface area contributed by atoms with Crippen LogP contribution < -0.4 is 10.5 Å². The first kappa shape index (κ1) is 10.5. The summed E-state index contributed by atoms with van der Waals surface area (Å²) < 4.78 is 5.39. The average Bonchev–Trinajstić information content (AvgIpc) is 3.03. The second kappa shape index (κ2) is 4.67. The van der Waals surface area contributed by atoms with E-state index in [4.69, 9.17) is 10.5 Å². The highest BCUT2D eigenvalue weighted by atomic mass is 16.5. The third kappa shape index (κ3) is 2.96. The lowest BCUT2D eigenvalue weighted by atomic mass is 10.0. The molecule has 0 heterocycles. The molecule has 0 aliphatic heterocycles. The van der Waals surface area contributed by atoms with Crippen molar-refractivity contribution in [1.29, 1.82) is 0 Å². The average molecular weight is 205 g/mol. The van der Waals surface area contributed by atoms with Crippen molar-refractivity contribution in [3.8, 4) is 5.75 Å². The maximum atomic E-state index is 6.12. The molecule has 0 spiro atoms. The normalized spacial score (nSPS) is 17.5. The first-order valence-electron chi connectivity index (χ1n) is 5.78. The van der Waals surface area contributed by atoms with Crippen molar-refractivity contribution in [2.45, 2.75) is 32.2 Å². The standard InChI is InChI=1S/C13H19NO/c1-2-15-12-7-5-11(6-8-12)13(14)9-10-3-4-10/h5-8,10,13H,2-4,9,14H2,1H3. The molecule has 1 aliphatic rings. The van der Waals surface area contributed by atoms with Gasteiger partial charge in [0.15, 0.2) is 0 Å². The molecule has 1 unspecified atom stereocenters. The van der Waals surface area contributed by atoms with E-state index in [2.05, 4.69) is 12.1 Å². The third-order valence-corrected chi connectivity index (χ3v) is 2.90. The molecule has 82 valence electrons. The molecular formula is C13H19NO. The molecule has 2 heteroatoms. The molecule has 0 bridgehead atoms. The Bertz CT molecular complexity index is 303. The number of hydrogen-bond acceptors (Lipinski definition) is 2. The smallest absolute Gasteiger partial charge is 0.119 e. The maximum Gasteiger partial charge on any atom is 0.119 e. The van der Waals surface area contributed by atoms with Crippen LogP contribution in [-0.2, 0) is 0 Å². The van der Waals surface area contributed by atoms with Crippen molar-refractivity contribution < 1.29 is 4.74 Å². The van der Waals surface area contributed by atoms with Gasteiger partial charge in [-0.2, -0.15) is 0 Å². The quantitative estimate of drug-likeness (QED) is 0.802. The van der Waals surface area contributed by atoms with Crippen molar-refractivity contribution in [2.75, 3.05) is 6.61 Å². The highest BCUT2D eigenvalue weighted by Crippen LogP contribution is 2.36. The third-order valence-electron chi connectivity index (χ3n) is 2.90. The van der Waals surface area contributed by atoms with Crippen LogP contribution in [0, 0.1) is 5.92 Å². The first-order valence-corrected chi connectivity index (χ1v) is 5.78. The Balaban J connectivity index is 1.95. The molecule has 15 heavy (non-hydrogen) atoms. The van der Waals surface area contributed by atoms with Crippen molar-refractivity contribution >= 4 is 0 Å². The molecule has 1 aromatic rings. The largest absolute Gasteiger partial charge is 0.494 e. The summed E-state index contributed by atoms with van der Waals surface area (Å²) in [6, 6.07) is 8.38. The second-order valence-corrected chi connectivity index (χ2v) is 4.29. The van der Waals surface area contributed by atoms with E-state index < -0.39 is 0 Å². The number of nitrogens with two attached hydrogens (primary N) is 1. The minimum absolute atomic E-state index is 0.202. The molecule has 1 saturated carbocycles. The number of hydrogen-bond donors (Lipinski definition) is 1. The first-order chi connectivity index (χ1) is 7.29. The summed E-state index contributed by atoms with van der Waals surface area (Å²) in [6.07, 6.45) is 3.86. The maximum absolute atomic E-state index is 6.12. The van der Waals surface area contributed by atoms with Crippen LogP contribution in [0.15, 0.2) is 24.3 Å². The van der Waals surface area contributed by atoms with Crippen LogP contribution in [-0.4, -0.2) is 6.61 Å². The zero-order valence-corrected chi connectivity index (χ0v) is 9.28. The van der Waals surface area contributed by atoms with Crippen LogP contribution in [0.4, 0.5) is 0 Å². The van der Waals surface area contributed by atoms with Gasteiger partial charge < -0.3 is 10.5 Å². The Morgan fingerprint density at radius 2 is 2.00 bits per heavy atom. The van der Waals surface area contributed by atoms with Crippen LogP contribution in [0.2, 0.25) is 0 Å². The van der Waals surface area contributed by atoms with Gasteiger partial charge in [-0.05, 0) is 37.0 Å². The van der Waals surface area contributed by atoms with E-state index >= 15 is 0 Å². The fourth-order valence-electron chi connectivity index (χ4n) is 1.83. The Morgan fingerprint density at radius 1 is 1.33 bits per heavy atom. The fourth-order valence-corrected chi connectivity index (χ4v) is 1.83. The number of rotatable bonds is 5. The summed E-state index contributed by atoms with van der Waals surface area (Å²) in [5, 5.41) is 0. The van der Waals surface area contributed by atoms with E-state index in [1.165, 1.54) is 18.4 Å². The monoisotopic (exact) mass is 205 g/mol. The predicted molar refractivity (Wildman–Crippen MR) is 61.9 cm³/mol. The highest BCUT2D eigenvalue weighted by Gasteiger charge is 2.24. The minimum Gasteiger partial charge on any atom is -0.494 e. The number of ether oxygens (including phenoxy) is 1. The molecule has 1 aromatic carbocycles. The van der Waals surface area contributed by atoms with Gasteiger partial charge in [0.1, 0.15) is 5.75 Å². The molecule has 1 fully saturated rings. The summed E-state index contributed by atoms with van der Waals surface area (Å²) in [5.74, 6) is 1.81. The topological polar surface area (TPSA) is 35.2 Å². The van der Waals surface area contributed by atoms with Crippen LogP contribution in [0.3, 0.4) is 0 Å². The molecular weight excluding hydrogens is 186 g/mol. The van der Waals surface area contributed by atoms with Gasteiger partial charge >= 0.3 is 0 Å². The predicted octanol–water partition coefficient (Wildman–Crippen LogP) is 2.89. The highest BCUT2D eigenvalue weighted by molar-refractivity contribution is 5.29. The van der Waals surface area contributed by atoms with Gasteiger partial charge in [-0.25, -0.2) is 0 Å². The Labute approximate surface area is 91.4 Å². The van der Waals surface area contributed by atoms with Gasteiger partial charge in [0.25, 0.3) is 0 Å². The lowest BCUT2D eigenvalue weighted by Gasteiger charge is -2.12. The molecule has 2 rings (SSSR count). The van der Waals surface area contributed by atoms with Crippen LogP contribution >= 0.6 is 0 Å². The Hall–Kier alpha value is -1.02. The van der Waals surface area contributed by atoms with Crippen molar-refractivity contribution in [2.24, 2.45) is 11.7 Å². The summed E-state index contributed by atoms with van der Waals surface area (Å²) in [6.45, 7) is 2.71. The van der Waals surface area contributed by atoms with Crippen LogP contribution in [0.25, 0.3) is 0 Å². The van der Waals surface area contributed by atoms with E-state index in [9.17, 15) is 0 Å².